The number of ketones is 1. The zero-order valence-electron chi connectivity index (χ0n) is 15.3. The Kier molecular flexibility index (Phi) is 3.07. The molecule has 6 rings (SSSR count). The van der Waals surface area contributed by atoms with Gasteiger partial charge in [-0.1, -0.05) is 20.4 Å². The van der Waals surface area contributed by atoms with E-state index in [0.717, 1.165) is 6.42 Å². The van der Waals surface area contributed by atoms with Crippen molar-refractivity contribution < 1.29 is 30.0 Å². The molecule has 6 fully saturated rings. The van der Waals surface area contributed by atoms with Crippen LogP contribution in [-0.4, -0.2) is 56.9 Å². The van der Waals surface area contributed by atoms with E-state index >= 15 is 0 Å². The van der Waals surface area contributed by atoms with Crippen molar-refractivity contribution in [2.45, 2.75) is 63.6 Å². The molecule has 2 aliphatic heterocycles. The molecule has 0 radical (unpaired) electrons. The average molecular weight is 364 g/mol. The van der Waals surface area contributed by atoms with Crippen LogP contribution in [0.3, 0.4) is 0 Å². The molecule has 4 bridgehead atoms. The fourth-order valence-electron chi connectivity index (χ4n) is 7.90. The lowest BCUT2D eigenvalue weighted by Gasteiger charge is -2.74. The summed E-state index contributed by atoms with van der Waals surface area (Å²) in [5.41, 5.74) is -2.49. The molecule has 0 aromatic heterocycles. The minimum atomic E-state index is -2.15. The van der Waals surface area contributed by atoms with Gasteiger partial charge in [-0.05, 0) is 42.6 Å². The van der Waals surface area contributed by atoms with Crippen molar-refractivity contribution in [2.24, 2.45) is 34.0 Å². The molecule has 6 heteroatoms. The maximum atomic E-state index is 13.3. The van der Waals surface area contributed by atoms with Gasteiger partial charge in [-0.15, -0.1) is 0 Å². The molecule has 0 aromatic carbocycles. The highest BCUT2D eigenvalue weighted by Gasteiger charge is 2.86. The highest BCUT2D eigenvalue weighted by Crippen LogP contribution is 2.76. The summed E-state index contributed by atoms with van der Waals surface area (Å²) in [4.78, 5) is 13.3. The van der Waals surface area contributed by atoms with Gasteiger partial charge < -0.3 is 25.2 Å². The molecule has 6 nitrogen and oxygen atoms in total. The van der Waals surface area contributed by atoms with E-state index in [1.807, 2.05) is 13.8 Å². The summed E-state index contributed by atoms with van der Waals surface area (Å²) in [6.07, 6.45) is -0.747. The number of fused-ring (bicyclic) bond motifs is 2. The van der Waals surface area contributed by atoms with Gasteiger partial charge >= 0.3 is 0 Å². The minimum Gasteiger partial charge on any atom is -0.392 e. The molecular formula is C20H28O6. The van der Waals surface area contributed by atoms with Gasteiger partial charge in [0.25, 0.3) is 0 Å². The van der Waals surface area contributed by atoms with E-state index in [9.17, 15) is 25.2 Å². The molecule has 6 aliphatic rings. The zero-order chi connectivity index (χ0) is 18.9. The number of ether oxygens (including phenoxy) is 1. The summed E-state index contributed by atoms with van der Waals surface area (Å²) in [5.74, 6) is -3.80. The number of carbonyl (C=O) groups excluding carboxylic acids is 1. The van der Waals surface area contributed by atoms with Crippen molar-refractivity contribution in [3.8, 4) is 0 Å². The van der Waals surface area contributed by atoms with Crippen molar-refractivity contribution in [3.05, 3.63) is 12.2 Å². The molecule has 4 saturated carbocycles. The van der Waals surface area contributed by atoms with Gasteiger partial charge in [0, 0.05) is 17.3 Å². The number of hydrogen-bond acceptors (Lipinski definition) is 6. The third kappa shape index (κ3) is 1.41. The first kappa shape index (κ1) is 17.3. The van der Waals surface area contributed by atoms with Crippen molar-refractivity contribution in [2.75, 3.05) is 6.61 Å². The van der Waals surface area contributed by atoms with Crippen molar-refractivity contribution in [3.63, 3.8) is 0 Å². The van der Waals surface area contributed by atoms with Gasteiger partial charge in [-0.3, -0.25) is 4.79 Å². The number of aliphatic hydroxyl groups excluding tert-OH is 3. The van der Waals surface area contributed by atoms with Crippen LogP contribution in [0.25, 0.3) is 0 Å². The average Bonchev–Trinajstić information content (AvgIpc) is 2.69. The molecule has 0 aromatic rings. The van der Waals surface area contributed by atoms with Crippen molar-refractivity contribution in [1.82, 2.24) is 0 Å². The Bertz CT molecular complexity index is 717. The van der Waals surface area contributed by atoms with E-state index in [1.54, 1.807) is 0 Å². The van der Waals surface area contributed by atoms with Crippen LogP contribution in [0.5, 0.6) is 0 Å². The lowest BCUT2D eigenvalue weighted by atomic mass is 9.35. The van der Waals surface area contributed by atoms with E-state index in [0.29, 0.717) is 24.8 Å². The fourth-order valence-corrected chi connectivity index (χ4v) is 7.90. The SMILES string of the molecule is C=C1C(=O)C23C(O)C1CCC2C12CO[C@]3(O)[C@@H](O)C1C(C)(C)CCC2O. The summed E-state index contributed by atoms with van der Waals surface area (Å²) in [6.45, 7) is 8.07. The normalized spacial score (nSPS) is 59.9. The monoisotopic (exact) mass is 364 g/mol. The standard InChI is InChI=1S/C20H28O6/c1-9-10-4-5-11-18-8-26-20(25,19(11,14(9)22)15(10)23)16(24)13(18)17(2,3)7-6-12(18)21/h10-13,15-16,21,23-25H,1,4-8H2,2-3H3/t10?,11?,12?,13?,15?,16-,18?,19?,20+/m0/s1. The van der Waals surface area contributed by atoms with Gasteiger partial charge in [0.1, 0.15) is 11.5 Å². The highest BCUT2D eigenvalue weighted by atomic mass is 16.6. The number of hydrogen-bond donors (Lipinski definition) is 4. The van der Waals surface area contributed by atoms with Crippen LogP contribution in [0, 0.1) is 34.0 Å². The Labute approximate surface area is 152 Å². The topological polar surface area (TPSA) is 107 Å². The lowest BCUT2D eigenvalue weighted by Crippen LogP contribution is -2.85. The summed E-state index contributed by atoms with van der Waals surface area (Å²) in [7, 11) is 0. The molecule has 4 aliphatic carbocycles. The zero-order valence-corrected chi connectivity index (χ0v) is 15.3. The van der Waals surface area contributed by atoms with Crippen LogP contribution in [0.1, 0.15) is 39.5 Å². The van der Waals surface area contributed by atoms with Crippen LogP contribution in [-0.2, 0) is 9.53 Å². The first-order valence-electron chi connectivity index (χ1n) is 9.71. The molecule has 2 heterocycles. The van der Waals surface area contributed by atoms with Gasteiger partial charge in [-0.2, -0.15) is 0 Å². The van der Waals surface area contributed by atoms with E-state index in [1.165, 1.54) is 0 Å². The maximum Gasteiger partial charge on any atom is 0.208 e. The van der Waals surface area contributed by atoms with Gasteiger partial charge in [-0.25, -0.2) is 0 Å². The first-order valence-corrected chi connectivity index (χ1v) is 9.71. The smallest absolute Gasteiger partial charge is 0.208 e. The molecule has 7 unspecified atom stereocenters. The third-order valence-corrected chi connectivity index (χ3v) is 8.88. The molecule has 2 saturated heterocycles. The van der Waals surface area contributed by atoms with Gasteiger partial charge in [0.15, 0.2) is 5.78 Å². The summed E-state index contributed by atoms with van der Waals surface area (Å²) < 4.78 is 5.80. The highest BCUT2D eigenvalue weighted by molar-refractivity contribution is 6.05. The van der Waals surface area contributed by atoms with Gasteiger partial charge in [0.05, 0.1) is 18.8 Å². The molecule has 4 N–H and O–H groups in total. The third-order valence-electron chi connectivity index (χ3n) is 8.88. The summed E-state index contributed by atoms with van der Waals surface area (Å²) in [5, 5.41) is 45.1. The maximum absolute atomic E-state index is 13.3. The Morgan fingerprint density at radius 2 is 1.81 bits per heavy atom. The van der Waals surface area contributed by atoms with Crippen LogP contribution < -0.4 is 0 Å². The molecular weight excluding hydrogens is 336 g/mol. The van der Waals surface area contributed by atoms with Crippen LogP contribution in [0.15, 0.2) is 12.2 Å². The van der Waals surface area contributed by atoms with E-state index in [2.05, 4.69) is 6.58 Å². The lowest BCUT2D eigenvalue weighted by molar-refractivity contribution is -0.458. The van der Waals surface area contributed by atoms with Crippen LogP contribution in [0.2, 0.25) is 0 Å². The Balaban J connectivity index is 1.81. The second kappa shape index (κ2) is 4.61. The minimum absolute atomic E-state index is 0.0966. The van der Waals surface area contributed by atoms with Crippen molar-refractivity contribution in [1.29, 1.82) is 0 Å². The van der Waals surface area contributed by atoms with E-state index in [-0.39, 0.29) is 12.0 Å². The molecule has 26 heavy (non-hydrogen) atoms. The number of aliphatic hydroxyl groups is 4. The van der Waals surface area contributed by atoms with Crippen molar-refractivity contribution >= 4 is 5.78 Å². The number of rotatable bonds is 0. The fraction of sp³-hybridized carbons (Fsp3) is 0.850. The number of Topliss-reactive ketones (excluding diaryl/α,β-unsaturated/α-hetero) is 1. The second-order valence-electron chi connectivity index (χ2n) is 9.97. The predicted molar refractivity (Wildman–Crippen MR) is 90.7 cm³/mol. The first-order chi connectivity index (χ1) is 12.1. The van der Waals surface area contributed by atoms with Crippen LogP contribution in [0.4, 0.5) is 0 Å². The quantitative estimate of drug-likeness (QED) is 0.463. The summed E-state index contributed by atoms with van der Waals surface area (Å²) in [6, 6.07) is 0. The molecule has 2 spiro atoms. The van der Waals surface area contributed by atoms with Crippen LogP contribution >= 0.6 is 0 Å². The number of carbonyl (C=O) groups is 1. The molecule has 0 amide bonds. The van der Waals surface area contributed by atoms with E-state index < -0.39 is 58.5 Å². The second-order valence-corrected chi connectivity index (χ2v) is 9.97. The largest absolute Gasteiger partial charge is 0.392 e. The summed E-state index contributed by atoms with van der Waals surface area (Å²) >= 11 is 0. The Hall–Kier alpha value is -0.790. The van der Waals surface area contributed by atoms with E-state index in [4.69, 9.17) is 4.74 Å². The molecule has 144 valence electrons. The predicted octanol–water partition coefficient (Wildman–Crippen LogP) is 0.376. The Morgan fingerprint density at radius 3 is 2.50 bits per heavy atom. The molecule has 9 atom stereocenters. The Morgan fingerprint density at radius 1 is 1.12 bits per heavy atom. The van der Waals surface area contributed by atoms with Gasteiger partial charge in [0.2, 0.25) is 5.79 Å².